The number of guanidine groups is 1. The third-order valence-corrected chi connectivity index (χ3v) is 5.97. The van der Waals surface area contributed by atoms with Crippen molar-refractivity contribution in [1.82, 2.24) is 20.5 Å². The van der Waals surface area contributed by atoms with Crippen LogP contribution in [-0.4, -0.2) is 47.6 Å². The van der Waals surface area contributed by atoms with Gasteiger partial charge < -0.3 is 20.0 Å². The average Bonchev–Trinajstić information content (AvgIpc) is 3.17. The minimum atomic E-state index is -0.0238. The highest BCUT2D eigenvalue weighted by Gasteiger charge is 2.26. The molecule has 1 saturated heterocycles. The normalized spacial score (nSPS) is 21.1. The summed E-state index contributed by atoms with van der Waals surface area (Å²) in [5.74, 6) is 2.45. The number of nitrogens with one attached hydrogen (secondary N) is 2. The topological polar surface area (TPSA) is 65.7 Å². The van der Waals surface area contributed by atoms with Gasteiger partial charge in [-0.2, -0.15) is 0 Å². The Morgan fingerprint density at radius 3 is 2.50 bits per heavy atom. The molecule has 2 heterocycles. The van der Waals surface area contributed by atoms with Crippen molar-refractivity contribution in [1.29, 1.82) is 0 Å². The maximum absolute atomic E-state index is 5.87. The molecule has 1 aliphatic carbocycles. The summed E-state index contributed by atoms with van der Waals surface area (Å²) in [6.45, 7) is 12.2. The van der Waals surface area contributed by atoms with E-state index in [1.54, 1.807) is 0 Å². The van der Waals surface area contributed by atoms with Crippen LogP contribution in [0.5, 0.6) is 0 Å². The van der Waals surface area contributed by atoms with Gasteiger partial charge in [-0.1, -0.05) is 40.0 Å². The Labute approximate surface area is 170 Å². The molecule has 1 aromatic rings. The Bertz CT molecular complexity index is 619. The molecule has 2 fully saturated rings. The number of likely N-dealkylation sites (tertiary alicyclic amines) is 1. The number of nitrogens with zero attached hydrogens (tertiary/aromatic N) is 3. The number of aliphatic imine (C=N–C) groups is 1. The first-order chi connectivity index (χ1) is 13.5. The third kappa shape index (κ3) is 5.97. The third-order valence-electron chi connectivity index (χ3n) is 5.97. The number of rotatable bonds is 5. The molecule has 0 radical (unpaired) electrons. The zero-order valence-corrected chi connectivity index (χ0v) is 18.3. The molecule has 3 rings (SSSR count). The molecule has 0 atom stereocenters. The maximum atomic E-state index is 5.87. The molecule has 2 N–H and O–H groups in total. The number of piperidine rings is 1. The lowest BCUT2D eigenvalue weighted by atomic mass is 9.92. The Hall–Kier alpha value is -1.56. The van der Waals surface area contributed by atoms with Crippen molar-refractivity contribution in [3.8, 4) is 0 Å². The largest absolute Gasteiger partial charge is 0.443 e. The van der Waals surface area contributed by atoms with E-state index in [2.05, 4.69) is 48.2 Å². The Morgan fingerprint density at radius 2 is 1.89 bits per heavy atom. The average molecular weight is 390 g/mol. The van der Waals surface area contributed by atoms with Crippen LogP contribution >= 0.6 is 0 Å². The monoisotopic (exact) mass is 389 g/mol. The number of hydrogen-bond donors (Lipinski definition) is 2. The Balaban J connectivity index is 1.50. The number of hydrogen-bond acceptors (Lipinski definition) is 4. The van der Waals surface area contributed by atoms with Crippen LogP contribution in [0.1, 0.15) is 84.3 Å². The van der Waals surface area contributed by atoms with Gasteiger partial charge in [-0.25, -0.2) is 9.98 Å². The summed E-state index contributed by atoms with van der Waals surface area (Å²) in [5, 5.41) is 7.00. The highest BCUT2D eigenvalue weighted by molar-refractivity contribution is 5.80. The van der Waals surface area contributed by atoms with E-state index in [9.17, 15) is 0 Å². The van der Waals surface area contributed by atoms with Crippen LogP contribution in [0.25, 0.3) is 0 Å². The van der Waals surface area contributed by atoms with E-state index in [0.29, 0.717) is 18.5 Å². The predicted octanol–water partition coefficient (Wildman–Crippen LogP) is 3.82. The summed E-state index contributed by atoms with van der Waals surface area (Å²) < 4.78 is 5.87. The fourth-order valence-corrected chi connectivity index (χ4v) is 4.25. The summed E-state index contributed by atoms with van der Waals surface area (Å²) >= 11 is 0. The minimum absolute atomic E-state index is 0.0238. The van der Waals surface area contributed by atoms with Gasteiger partial charge in [0.05, 0.1) is 6.20 Å². The summed E-state index contributed by atoms with van der Waals surface area (Å²) in [6.07, 6.45) is 11.3. The lowest BCUT2D eigenvalue weighted by Gasteiger charge is -2.39. The van der Waals surface area contributed by atoms with Crippen molar-refractivity contribution in [3.63, 3.8) is 0 Å². The fourth-order valence-electron chi connectivity index (χ4n) is 4.25. The highest BCUT2D eigenvalue weighted by atomic mass is 16.4. The highest BCUT2D eigenvalue weighted by Crippen LogP contribution is 2.25. The second-order valence-electron chi connectivity index (χ2n) is 9.31. The van der Waals surface area contributed by atoms with Crippen molar-refractivity contribution in [2.45, 2.75) is 96.7 Å². The molecule has 1 aromatic heterocycles. The van der Waals surface area contributed by atoms with Crippen molar-refractivity contribution < 1.29 is 4.42 Å². The van der Waals surface area contributed by atoms with E-state index >= 15 is 0 Å². The molecule has 6 heteroatoms. The molecule has 1 saturated carbocycles. The van der Waals surface area contributed by atoms with Gasteiger partial charge in [-0.3, -0.25) is 0 Å². The van der Waals surface area contributed by atoms with Crippen molar-refractivity contribution in [3.05, 3.63) is 17.8 Å². The Kier molecular flexibility index (Phi) is 7.38. The van der Waals surface area contributed by atoms with Gasteiger partial charge in [-0.05, 0) is 32.6 Å². The van der Waals surface area contributed by atoms with Crippen LogP contribution in [0.15, 0.2) is 15.6 Å². The quantitative estimate of drug-likeness (QED) is 0.592. The molecule has 6 nitrogen and oxygen atoms in total. The van der Waals surface area contributed by atoms with Crippen LogP contribution in [0.3, 0.4) is 0 Å². The predicted molar refractivity (Wildman–Crippen MR) is 115 cm³/mol. The van der Waals surface area contributed by atoms with Gasteiger partial charge in [0.2, 0.25) is 5.89 Å². The van der Waals surface area contributed by atoms with Crippen LogP contribution in [0, 0.1) is 0 Å². The van der Waals surface area contributed by atoms with E-state index in [1.165, 1.54) is 58.0 Å². The first kappa shape index (κ1) is 21.2. The zero-order valence-electron chi connectivity index (χ0n) is 18.3. The molecule has 1 aliphatic heterocycles. The summed E-state index contributed by atoms with van der Waals surface area (Å²) in [7, 11) is 0. The molecular formula is C22H39N5O. The molecule has 0 bridgehead atoms. The lowest BCUT2D eigenvalue weighted by Crippen LogP contribution is -2.50. The molecule has 0 unspecified atom stereocenters. The van der Waals surface area contributed by atoms with Gasteiger partial charge in [0.25, 0.3) is 0 Å². The first-order valence-electron chi connectivity index (χ1n) is 11.2. The zero-order chi connectivity index (χ0) is 20.0. The van der Waals surface area contributed by atoms with Gasteiger partial charge in [0.15, 0.2) is 5.96 Å². The molecular weight excluding hydrogens is 350 g/mol. The van der Waals surface area contributed by atoms with Crippen LogP contribution < -0.4 is 10.6 Å². The van der Waals surface area contributed by atoms with E-state index in [-0.39, 0.29) is 5.41 Å². The van der Waals surface area contributed by atoms with Crippen molar-refractivity contribution >= 4 is 5.96 Å². The summed E-state index contributed by atoms with van der Waals surface area (Å²) in [5.41, 5.74) is -0.0238. The van der Waals surface area contributed by atoms with Crippen LogP contribution in [0.2, 0.25) is 0 Å². The fraction of sp³-hybridized carbons (Fsp3) is 0.818. The van der Waals surface area contributed by atoms with Gasteiger partial charge in [-0.15, -0.1) is 0 Å². The second kappa shape index (κ2) is 9.77. The number of oxazole rings is 1. The van der Waals surface area contributed by atoms with Crippen LogP contribution in [0.4, 0.5) is 0 Å². The first-order valence-corrected chi connectivity index (χ1v) is 11.2. The van der Waals surface area contributed by atoms with E-state index in [4.69, 9.17) is 9.41 Å². The molecule has 0 spiro atoms. The smallest absolute Gasteiger partial charge is 0.216 e. The van der Waals surface area contributed by atoms with E-state index < -0.39 is 0 Å². The molecule has 0 aromatic carbocycles. The summed E-state index contributed by atoms with van der Waals surface area (Å²) in [6, 6.07) is 1.32. The maximum Gasteiger partial charge on any atom is 0.216 e. The van der Waals surface area contributed by atoms with E-state index in [1.807, 2.05) is 6.20 Å². The second-order valence-corrected chi connectivity index (χ2v) is 9.31. The van der Waals surface area contributed by atoms with Crippen LogP contribution in [-0.2, 0) is 12.0 Å². The SMILES string of the molecule is CCNC(=NCc1ncc(C(C)(C)C)o1)NC1CCN(C2CCCCC2)CC1. The minimum Gasteiger partial charge on any atom is -0.443 e. The molecule has 158 valence electrons. The molecule has 0 amide bonds. The lowest BCUT2D eigenvalue weighted by molar-refractivity contribution is 0.119. The van der Waals surface area contributed by atoms with Gasteiger partial charge >= 0.3 is 0 Å². The van der Waals surface area contributed by atoms with Crippen molar-refractivity contribution in [2.24, 2.45) is 4.99 Å². The van der Waals surface area contributed by atoms with E-state index in [0.717, 1.165) is 24.3 Å². The van der Waals surface area contributed by atoms with Crippen molar-refractivity contribution in [2.75, 3.05) is 19.6 Å². The Morgan fingerprint density at radius 1 is 1.18 bits per heavy atom. The summed E-state index contributed by atoms with van der Waals surface area (Å²) in [4.78, 5) is 11.8. The van der Waals surface area contributed by atoms with Gasteiger partial charge in [0, 0.05) is 37.1 Å². The standard InChI is InChI=1S/C22H39N5O/c1-5-23-21(25-16-20-24-15-19(28-20)22(2,3)4)26-17-11-13-27(14-12-17)18-9-7-6-8-10-18/h15,17-18H,5-14,16H2,1-4H3,(H2,23,25,26). The molecule has 2 aliphatic rings. The van der Waals surface area contributed by atoms with Gasteiger partial charge in [0.1, 0.15) is 12.3 Å². The molecule has 28 heavy (non-hydrogen) atoms. The number of aromatic nitrogens is 1.